The fourth-order valence-electron chi connectivity index (χ4n) is 3.45. The predicted octanol–water partition coefficient (Wildman–Crippen LogP) is 1.20. The number of para-hydroxylation sites is 1. The third-order valence-electron chi connectivity index (χ3n) is 4.75. The quantitative estimate of drug-likeness (QED) is 0.848. The fraction of sp³-hybridized carbons (Fsp3) is 0.471. The zero-order valence-electron chi connectivity index (χ0n) is 13.5. The Morgan fingerprint density at radius 1 is 1.17 bits per heavy atom. The van der Waals surface area contributed by atoms with Gasteiger partial charge in [-0.25, -0.2) is 9.67 Å². The van der Waals surface area contributed by atoms with E-state index >= 15 is 0 Å². The van der Waals surface area contributed by atoms with Crippen LogP contribution in [0.1, 0.15) is 22.8 Å². The van der Waals surface area contributed by atoms with E-state index in [1.807, 2.05) is 33.8 Å². The van der Waals surface area contributed by atoms with Gasteiger partial charge in [-0.15, -0.1) is 0 Å². The Bertz CT molecular complexity index is 697. The Morgan fingerprint density at radius 2 is 2.00 bits per heavy atom. The van der Waals surface area contributed by atoms with Crippen molar-refractivity contribution in [1.29, 1.82) is 0 Å². The first-order chi connectivity index (χ1) is 11.8. The second-order valence-electron chi connectivity index (χ2n) is 6.19. The number of anilines is 1. The Labute approximate surface area is 140 Å². The van der Waals surface area contributed by atoms with Gasteiger partial charge >= 0.3 is 0 Å². The van der Waals surface area contributed by atoms with E-state index in [2.05, 4.69) is 15.0 Å². The van der Waals surface area contributed by atoms with Crippen molar-refractivity contribution < 1.29 is 9.53 Å². The SMILES string of the molecule is O=C(c1ccccc1N1CCOCC1)N1CCC(n2cncn2)C1. The molecule has 0 saturated carbocycles. The van der Waals surface area contributed by atoms with Crippen molar-refractivity contribution in [1.82, 2.24) is 19.7 Å². The Morgan fingerprint density at radius 3 is 2.79 bits per heavy atom. The van der Waals surface area contributed by atoms with E-state index in [9.17, 15) is 4.79 Å². The highest BCUT2D eigenvalue weighted by Gasteiger charge is 2.30. The number of morpholine rings is 1. The molecule has 0 bridgehead atoms. The zero-order valence-corrected chi connectivity index (χ0v) is 13.5. The summed E-state index contributed by atoms with van der Waals surface area (Å²) >= 11 is 0. The van der Waals surface area contributed by atoms with E-state index in [1.54, 1.807) is 6.33 Å². The average molecular weight is 327 g/mol. The van der Waals surface area contributed by atoms with E-state index in [0.29, 0.717) is 19.8 Å². The van der Waals surface area contributed by atoms with Gasteiger partial charge in [0.05, 0.1) is 24.8 Å². The number of carbonyl (C=O) groups is 1. The number of nitrogens with zero attached hydrogens (tertiary/aromatic N) is 5. The van der Waals surface area contributed by atoms with E-state index in [-0.39, 0.29) is 11.9 Å². The monoisotopic (exact) mass is 327 g/mol. The molecule has 2 aromatic rings. The minimum Gasteiger partial charge on any atom is -0.378 e. The Kier molecular flexibility index (Phi) is 4.17. The average Bonchev–Trinajstić information content (AvgIpc) is 3.33. The molecule has 2 aliphatic heterocycles. The molecule has 1 amide bonds. The largest absolute Gasteiger partial charge is 0.378 e. The summed E-state index contributed by atoms with van der Waals surface area (Å²) in [4.78, 5) is 21.2. The minimum atomic E-state index is 0.0970. The van der Waals surface area contributed by atoms with Crippen LogP contribution in [0.4, 0.5) is 5.69 Å². The van der Waals surface area contributed by atoms with Gasteiger partial charge in [-0.3, -0.25) is 4.79 Å². The third-order valence-corrected chi connectivity index (χ3v) is 4.75. The molecule has 126 valence electrons. The maximum atomic E-state index is 13.0. The molecule has 1 unspecified atom stereocenters. The van der Waals surface area contributed by atoms with Crippen LogP contribution in [0.5, 0.6) is 0 Å². The van der Waals surface area contributed by atoms with Crippen molar-refractivity contribution in [2.45, 2.75) is 12.5 Å². The van der Waals surface area contributed by atoms with Crippen molar-refractivity contribution in [2.24, 2.45) is 0 Å². The molecule has 0 radical (unpaired) electrons. The summed E-state index contributed by atoms with van der Waals surface area (Å²) in [7, 11) is 0. The molecular formula is C17H21N5O2. The van der Waals surface area contributed by atoms with Crippen LogP contribution in [0.2, 0.25) is 0 Å². The smallest absolute Gasteiger partial charge is 0.256 e. The number of aromatic nitrogens is 3. The van der Waals surface area contributed by atoms with Crippen LogP contribution in [-0.4, -0.2) is 65.0 Å². The summed E-state index contributed by atoms with van der Waals surface area (Å²) in [5.41, 5.74) is 1.79. The molecule has 1 aromatic carbocycles. The lowest BCUT2D eigenvalue weighted by molar-refractivity contribution is 0.0786. The number of hydrogen-bond acceptors (Lipinski definition) is 5. The van der Waals surface area contributed by atoms with Crippen LogP contribution in [-0.2, 0) is 4.74 Å². The van der Waals surface area contributed by atoms with Crippen molar-refractivity contribution >= 4 is 11.6 Å². The molecule has 0 spiro atoms. The lowest BCUT2D eigenvalue weighted by atomic mass is 10.1. The summed E-state index contributed by atoms with van der Waals surface area (Å²) in [6.45, 7) is 4.50. The van der Waals surface area contributed by atoms with Crippen LogP contribution >= 0.6 is 0 Å². The highest BCUT2D eigenvalue weighted by Crippen LogP contribution is 2.27. The zero-order chi connectivity index (χ0) is 16.4. The van der Waals surface area contributed by atoms with Crippen molar-refractivity contribution in [3.63, 3.8) is 0 Å². The van der Waals surface area contributed by atoms with Gasteiger partial charge in [-0.2, -0.15) is 5.10 Å². The van der Waals surface area contributed by atoms with Crippen molar-refractivity contribution in [3.8, 4) is 0 Å². The van der Waals surface area contributed by atoms with Gasteiger partial charge in [0.15, 0.2) is 0 Å². The highest BCUT2D eigenvalue weighted by atomic mass is 16.5. The summed E-state index contributed by atoms with van der Waals surface area (Å²) < 4.78 is 7.27. The summed E-state index contributed by atoms with van der Waals surface area (Å²) in [6.07, 6.45) is 4.17. The lowest BCUT2D eigenvalue weighted by Gasteiger charge is -2.31. The van der Waals surface area contributed by atoms with Gasteiger partial charge in [-0.05, 0) is 18.6 Å². The first-order valence-electron chi connectivity index (χ1n) is 8.38. The standard InChI is InChI=1S/C17H21N5O2/c23-17(21-6-5-14(11-21)22-13-18-12-19-22)15-3-1-2-4-16(15)20-7-9-24-10-8-20/h1-4,12-14H,5-11H2. The first kappa shape index (κ1) is 15.1. The molecule has 2 fully saturated rings. The lowest BCUT2D eigenvalue weighted by Crippen LogP contribution is -2.38. The fourth-order valence-corrected chi connectivity index (χ4v) is 3.45. The number of likely N-dealkylation sites (tertiary alicyclic amines) is 1. The van der Waals surface area contributed by atoms with Gasteiger partial charge in [0.25, 0.3) is 5.91 Å². The topological polar surface area (TPSA) is 63.5 Å². The number of ether oxygens (including phenoxy) is 1. The second kappa shape index (κ2) is 6.60. The van der Waals surface area contributed by atoms with Crippen LogP contribution in [0.3, 0.4) is 0 Å². The van der Waals surface area contributed by atoms with E-state index in [1.165, 1.54) is 6.33 Å². The van der Waals surface area contributed by atoms with E-state index < -0.39 is 0 Å². The molecule has 2 aliphatic rings. The number of hydrogen-bond donors (Lipinski definition) is 0. The van der Waals surface area contributed by atoms with Crippen LogP contribution in [0, 0.1) is 0 Å². The van der Waals surface area contributed by atoms with Crippen LogP contribution < -0.4 is 4.90 Å². The van der Waals surface area contributed by atoms with E-state index in [0.717, 1.165) is 37.3 Å². The molecular weight excluding hydrogens is 306 g/mol. The number of rotatable bonds is 3. The molecule has 1 aromatic heterocycles. The maximum Gasteiger partial charge on any atom is 0.256 e. The van der Waals surface area contributed by atoms with E-state index in [4.69, 9.17) is 4.74 Å². The molecule has 2 saturated heterocycles. The summed E-state index contributed by atoms with van der Waals surface area (Å²) in [6, 6.07) is 8.10. The molecule has 4 rings (SSSR count). The van der Waals surface area contributed by atoms with Crippen LogP contribution in [0.25, 0.3) is 0 Å². The van der Waals surface area contributed by atoms with Gasteiger partial charge in [-0.1, -0.05) is 12.1 Å². The van der Waals surface area contributed by atoms with Gasteiger partial charge in [0, 0.05) is 31.9 Å². The second-order valence-corrected chi connectivity index (χ2v) is 6.19. The minimum absolute atomic E-state index is 0.0970. The van der Waals surface area contributed by atoms with Crippen molar-refractivity contribution in [2.75, 3.05) is 44.3 Å². The van der Waals surface area contributed by atoms with Gasteiger partial charge in [0.1, 0.15) is 12.7 Å². The molecule has 3 heterocycles. The molecule has 1 atom stereocenters. The summed E-state index contributed by atoms with van der Waals surface area (Å²) in [5, 5.41) is 4.20. The maximum absolute atomic E-state index is 13.0. The molecule has 7 nitrogen and oxygen atoms in total. The van der Waals surface area contributed by atoms with Crippen molar-refractivity contribution in [3.05, 3.63) is 42.5 Å². The predicted molar refractivity (Wildman–Crippen MR) is 89.1 cm³/mol. The summed E-state index contributed by atoms with van der Waals surface area (Å²) in [5.74, 6) is 0.0970. The van der Waals surface area contributed by atoms with Gasteiger partial charge < -0.3 is 14.5 Å². The van der Waals surface area contributed by atoms with Crippen LogP contribution in [0.15, 0.2) is 36.9 Å². The number of amides is 1. The molecule has 0 aliphatic carbocycles. The van der Waals surface area contributed by atoms with Gasteiger partial charge in [0.2, 0.25) is 0 Å². The first-order valence-corrected chi connectivity index (χ1v) is 8.38. The third kappa shape index (κ3) is 2.87. The molecule has 7 heteroatoms. The highest BCUT2D eigenvalue weighted by molar-refractivity contribution is 6.00. The number of benzene rings is 1. The Hall–Kier alpha value is -2.41. The Balaban J connectivity index is 1.52. The molecule has 0 N–H and O–H groups in total. The normalized spacial score (nSPS) is 21.2. The number of carbonyl (C=O) groups excluding carboxylic acids is 1. The molecule has 24 heavy (non-hydrogen) atoms.